The molecule has 0 aliphatic carbocycles. The Morgan fingerprint density at radius 2 is 2.20 bits per heavy atom. The number of aliphatic hydroxyl groups excluding tert-OH is 1. The summed E-state index contributed by atoms with van der Waals surface area (Å²) in [5.41, 5.74) is 2.22. The number of ether oxygens (including phenoxy) is 1. The third-order valence-corrected chi connectivity index (χ3v) is 3.88. The molecule has 0 bridgehead atoms. The molecule has 110 valence electrons. The lowest BCUT2D eigenvalue weighted by atomic mass is 9.91. The topological polar surface area (TPSA) is 62.7 Å². The number of methoxy groups -OCH3 is 1. The molecule has 1 fully saturated rings. The molecule has 1 atom stereocenters. The molecule has 0 aromatic carbocycles. The standard InChI is InChI=1S/C15H22N2O3/c1-11-3-4-13(16-9-11)10-17-7-5-12(6-8-17)14(18)15(19)20-2/h3-4,9,12,14,18H,5-8,10H2,1-2H3. The molecule has 0 radical (unpaired) electrons. The summed E-state index contributed by atoms with van der Waals surface area (Å²) in [6.45, 7) is 4.58. The molecule has 1 aliphatic heterocycles. The highest BCUT2D eigenvalue weighted by atomic mass is 16.5. The van der Waals surface area contributed by atoms with Gasteiger partial charge in [-0.15, -0.1) is 0 Å². The van der Waals surface area contributed by atoms with Crippen molar-refractivity contribution < 1.29 is 14.6 Å². The molecule has 0 spiro atoms. The summed E-state index contributed by atoms with van der Waals surface area (Å²) >= 11 is 0. The number of piperidine rings is 1. The second-order valence-corrected chi connectivity index (χ2v) is 5.41. The van der Waals surface area contributed by atoms with Gasteiger partial charge in [-0.2, -0.15) is 0 Å². The molecule has 1 aromatic rings. The van der Waals surface area contributed by atoms with Crippen molar-refractivity contribution in [3.05, 3.63) is 29.6 Å². The van der Waals surface area contributed by atoms with E-state index >= 15 is 0 Å². The number of nitrogens with zero attached hydrogens (tertiary/aromatic N) is 2. The van der Waals surface area contributed by atoms with Crippen LogP contribution in [0.5, 0.6) is 0 Å². The van der Waals surface area contributed by atoms with Crippen LogP contribution in [0.15, 0.2) is 18.3 Å². The number of likely N-dealkylation sites (tertiary alicyclic amines) is 1. The van der Waals surface area contributed by atoms with E-state index in [1.807, 2.05) is 19.2 Å². The van der Waals surface area contributed by atoms with Crippen LogP contribution in [0.2, 0.25) is 0 Å². The third-order valence-electron chi connectivity index (χ3n) is 3.88. The van der Waals surface area contributed by atoms with Crippen molar-refractivity contribution in [2.24, 2.45) is 5.92 Å². The first-order valence-corrected chi connectivity index (χ1v) is 7.00. The van der Waals surface area contributed by atoms with E-state index in [0.717, 1.165) is 43.7 Å². The molecule has 1 aromatic heterocycles. The number of rotatable bonds is 4. The molecule has 5 heteroatoms. The summed E-state index contributed by atoms with van der Waals surface area (Å²) in [4.78, 5) is 18.0. The quantitative estimate of drug-likeness (QED) is 0.837. The van der Waals surface area contributed by atoms with Crippen LogP contribution in [0.4, 0.5) is 0 Å². The molecule has 0 saturated carbocycles. The fraction of sp³-hybridized carbons (Fsp3) is 0.600. The zero-order valence-corrected chi connectivity index (χ0v) is 12.1. The van der Waals surface area contributed by atoms with Gasteiger partial charge in [-0.25, -0.2) is 4.79 Å². The van der Waals surface area contributed by atoms with Crippen LogP contribution >= 0.6 is 0 Å². The predicted molar refractivity (Wildman–Crippen MR) is 75.0 cm³/mol. The second-order valence-electron chi connectivity index (χ2n) is 5.41. The number of aromatic nitrogens is 1. The van der Waals surface area contributed by atoms with Gasteiger partial charge in [-0.3, -0.25) is 9.88 Å². The maximum absolute atomic E-state index is 11.3. The Bertz CT molecular complexity index is 439. The van der Waals surface area contributed by atoms with Crippen LogP contribution in [0.25, 0.3) is 0 Å². The summed E-state index contributed by atoms with van der Waals surface area (Å²) in [6, 6.07) is 4.11. The normalized spacial score (nSPS) is 18.8. The van der Waals surface area contributed by atoms with Crippen molar-refractivity contribution in [3.8, 4) is 0 Å². The molecular weight excluding hydrogens is 256 g/mol. The monoisotopic (exact) mass is 278 g/mol. The van der Waals surface area contributed by atoms with Crippen LogP contribution in [-0.4, -0.2) is 47.3 Å². The Morgan fingerprint density at radius 3 is 2.75 bits per heavy atom. The average Bonchev–Trinajstić information content (AvgIpc) is 2.49. The lowest BCUT2D eigenvalue weighted by Crippen LogP contribution is -2.40. The number of aliphatic hydroxyl groups is 1. The van der Waals surface area contributed by atoms with Gasteiger partial charge in [-0.05, 0) is 50.4 Å². The first-order valence-electron chi connectivity index (χ1n) is 7.00. The minimum Gasteiger partial charge on any atom is -0.467 e. The molecule has 1 unspecified atom stereocenters. The predicted octanol–water partition coefficient (Wildman–Crippen LogP) is 1.14. The summed E-state index contributed by atoms with van der Waals surface area (Å²) < 4.78 is 4.59. The molecule has 0 amide bonds. The molecule has 2 heterocycles. The van der Waals surface area contributed by atoms with Crippen LogP contribution in [-0.2, 0) is 16.1 Å². The average molecular weight is 278 g/mol. The van der Waals surface area contributed by atoms with Gasteiger partial charge in [0.2, 0.25) is 0 Å². The van der Waals surface area contributed by atoms with Gasteiger partial charge in [0.1, 0.15) is 0 Å². The van der Waals surface area contributed by atoms with E-state index < -0.39 is 12.1 Å². The number of pyridine rings is 1. The first-order chi connectivity index (χ1) is 9.60. The van der Waals surface area contributed by atoms with Crippen LogP contribution in [0, 0.1) is 12.8 Å². The van der Waals surface area contributed by atoms with Crippen LogP contribution in [0.1, 0.15) is 24.1 Å². The van der Waals surface area contributed by atoms with Crippen molar-refractivity contribution in [3.63, 3.8) is 0 Å². The number of aryl methyl sites for hydroxylation is 1. The van der Waals surface area contributed by atoms with Gasteiger partial charge in [0.05, 0.1) is 12.8 Å². The number of carbonyl (C=O) groups is 1. The number of carbonyl (C=O) groups excluding carboxylic acids is 1. The molecular formula is C15H22N2O3. The van der Waals surface area contributed by atoms with Crippen molar-refractivity contribution in [2.75, 3.05) is 20.2 Å². The Labute approximate surface area is 119 Å². The van der Waals surface area contributed by atoms with Gasteiger partial charge >= 0.3 is 5.97 Å². The van der Waals surface area contributed by atoms with Crippen molar-refractivity contribution >= 4 is 5.97 Å². The zero-order valence-electron chi connectivity index (χ0n) is 12.1. The SMILES string of the molecule is COC(=O)C(O)C1CCN(Cc2ccc(C)cn2)CC1. The summed E-state index contributed by atoms with van der Waals surface area (Å²) in [5, 5.41) is 9.84. The van der Waals surface area contributed by atoms with Gasteiger partial charge in [0.25, 0.3) is 0 Å². The van der Waals surface area contributed by atoms with E-state index in [4.69, 9.17) is 0 Å². The van der Waals surface area contributed by atoms with Gasteiger partial charge in [-0.1, -0.05) is 6.07 Å². The Hall–Kier alpha value is -1.46. The third kappa shape index (κ3) is 3.77. The first kappa shape index (κ1) is 14.9. The minimum absolute atomic E-state index is 0.00433. The van der Waals surface area contributed by atoms with Crippen molar-refractivity contribution in [2.45, 2.75) is 32.4 Å². The highest BCUT2D eigenvalue weighted by molar-refractivity contribution is 5.74. The van der Waals surface area contributed by atoms with E-state index in [1.165, 1.54) is 7.11 Å². The molecule has 2 rings (SSSR count). The minimum atomic E-state index is -0.986. The molecule has 20 heavy (non-hydrogen) atoms. The van der Waals surface area contributed by atoms with E-state index in [0.29, 0.717) is 0 Å². The highest BCUT2D eigenvalue weighted by Crippen LogP contribution is 2.22. The number of esters is 1. The number of hydrogen-bond acceptors (Lipinski definition) is 5. The van der Waals surface area contributed by atoms with E-state index in [9.17, 15) is 9.90 Å². The molecule has 1 saturated heterocycles. The Morgan fingerprint density at radius 1 is 1.50 bits per heavy atom. The molecule has 1 aliphatic rings. The van der Waals surface area contributed by atoms with Crippen LogP contribution in [0.3, 0.4) is 0 Å². The zero-order chi connectivity index (χ0) is 14.5. The lowest BCUT2D eigenvalue weighted by molar-refractivity contribution is -0.154. The summed E-state index contributed by atoms with van der Waals surface area (Å²) in [5.74, 6) is -0.520. The van der Waals surface area contributed by atoms with E-state index in [1.54, 1.807) is 0 Å². The Kier molecular flexibility index (Phi) is 5.09. The van der Waals surface area contributed by atoms with Gasteiger partial charge < -0.3 is 9.84 Å². The van der Waals surface area contributed by atoms with E-state index in [-0.39, 0.29) is 5.92 Å². The van der Waals surface area contributed by atoms with Gasteiger partial charge in [0.15, 0.2) is 6.10 Å². The van der Waals surface area contributed by atoms with Gasteiger partial charge in [0, 0.05) is 12.7 Å². The summed E-state index contributed by atoms with van der Waals surface area (Å²) in [7, 11) is 1.31. The van der Waals surface area contributed by atoms with E-state index in [2.05, 4.69) is 20.7 Å². The fourth-order valence-corrected chi connectivity index (χ4v) is 2.56. The second kappa shape index (κ2) is 6.81. The largest absolute Gasteiger partial charge is 0.467 e. The Balaban J connectivity index is 1.82. The lowest BCUT2D eigenvalue weighted by Gasteiger charge is -2.33. The number of hydrogen-bond donors (Lipinski definition) is 1. The maximum atomic E-state index is 11.3. The smallest absolute Gasteiger partial charge is 0.334 e. The summed E-state index contributed by atoms with van der Waals surface area (Å²) in [6.07, 6.45) is 2.51. The highest BCUT2D eigenvalue weighted by Gasteiger charge is 2.30. The van der Waals surface area contributed by atoms with Crippen molar-refractivity contribution in [1.82, 2.24) is 9.88 Å². The molecule has 1 N–H and O–H groups in total. The van der Waals surface area contributed by atoms with Crippen molar-refractivity contribution in [1.29, 1.82) is 0 Å². The maximum Gasteiger partial charge on any atom is 0.334 e. The molecule has 5 nitrogen and oxygen atoms in total. The fourth-order valence-electron chi connectivity index (χ4n) is 2.56. The van der Waals surface area contributed by atoms with Crippen LogP contribution < -0.4 is 0 Å².